The van der Waals surface area contributed by atoms with Crippen molar-refractivity contribution >= 4 is 17.6 Å². The molecule has 3 aliphatic rings. The van der Waals surface area contributed by atoms with Crippen molar-refractivity contribution in [3.8, 4) is 0 Å². The number of anilines is 1. The summed E-state index contributed by atoms with van der Waals surface area (Å²) in [6.45, 7) is 10.1. The van der Waals surface area contributed by atoms with E-state index in [1.807, 2.05) is 6.92 Å². The molecule has 1 saturated carbocycles. The summed E-state index contributed by atoms with van der Waals surface area (Å²) in [4.78, 5) is 31.1. The van der Waals surface area contributed by atoms with Crippen LogP contribution in [-0.2, 0) is 4.79 Å². The SMILES string of the molecule is Cc1cccc(N2CCN(CN3C(=O)NC(C)(C4CC4)C3=O)CC2)c1C. The first-order valence-corrected chi connectivity index (χ1v) is 9.58. The van der Waals surface area contributed by atoms with Crippen LogP contribution in [0, 0.1) is 19.8 Å². The van der Waals surface area contributed by atoms with Crippen LogP contribution < -0.4 is 10.2 Å². The van der Waals surface area contributed by atoms with Gasteiger partial charge in [0.25, 0.3) is 5.91 Å². The second-order valence-electron chi connectivity index (χ2n) is 8.11. The summed E-state index contributed by atoms with van der Waals surface area (Å²) in [5.74, 6) is 0.257. The van der Waals surface area contributed by atoms with Crippen LogP contribution in [-0.4, -0.2) is 60.1 Å². The molecule has 2 heterocycles. The quantitative estimate of drug-likeness (QED) is 0.840. The summed E-state index contributed by atoms with van der Waals surface area (Å²) < 4.78 is 0. The van der Waals surface area contributed by atoms with E-state index in [0.29, 0.717) is 12.6 Å². The monoisotopic (exact) mass is 356 g/mol. The van der Waals surface area contributed by atoms with Gasteiger partial charge < -0.3 is 10.2 Å². The first-order chi connectivity index (χ1) is 12.4. The van der Waals surface area contributed by atoms with Gasteiger partial charge in [-0.1, -0.05) is 12.1 Å². The molecule has 1 unspecified atom stereocenters. The van der Waals surface area contributed by atoms with E-state index in [1.54, 1.807) is 0 Å². The van der Waals surface area contributed by atoms with Crippen LogP contribution in [0.25, 0.3) is 0 Å². The Morgan fingerprint density at radius 2 is 1.81 bits per heavy atom. The molecule has 140 valence electrons. The smallest absolute Gasteiger partial charge is 0.326 e. The van der Waals surface area contributed by atoms with Crippen LogP contribution in [0.1, 0.15) is 30.9 Å². The Hall–Kier alpha value is -2.08. The standard InChI is InChI=1S/C20H28N4O2/c1-14-5-4-6-17(15(14)2)23-11-9-22(10-12-23)13-24-18(25)20(3,16-7-8-16)21-19(24)26/h4-6,16H,7-13H2,1-3H3,(H,21,26). The maximum absolute atomic E-state index is 12.8. The molecule has 1 aromatic rings. The van der Waals surface area contributed by atoms with Gasteiger partial charge in [-0.05, 0) is 56.7 Å². The van der Waals surface area contributed by atoms with Crippen LogP contribution in [0.15, 0.2) is 18.2 Å². The van der Waals surface area contributed by atoms with Gasteiger partial charge in [-0.15, -0.1) is 0 Å². The molecule has 1 aromatic carbocycles. The lowest BCUT2D eigenvalue weighted by molar-refractivity contribution is -0.133. The molecule has 1 N–H and O–H groups in total. The predicted molar refractivity (Wildman–Crippen MR) is 101 cm³/mol. The van der Waals surface area contributed by atoms with E-state index in [-0.39, 0.29) is 11.9 Å². The highest BCUT2D eigenvalue weighted by Gasteiger charge is 2.56. The number of hydrogen-bond acceptors (Lipinski definition) is 4. The molecule has 3 fully saturated rings. The molecule has 3 amide bonds. The minimum Gasteiger partial charge on any atom is -0.369 e. The van der Waals surface area contributed by atoms with Crippen molar-refractivity contribution in [2.75, 3.05) is 37.7 Å². The maximum Gasteiger partial charge on any atom is 0.326 e. The predicted octanol–water partition coefficient (Wildman–Crippen LogP) is 2.10. The van der Waals surface area contributed by atoms with E-state index in [9.17, 15) is 9.59 Å². The van der Waals surface area contributed by atoms with Gasteiger partial charge in [-0.3, -0.25) is 9.69 Å². The van der Waals surface area contributed by atoms with Gasteiger partial charge >= 0.3 is 6.03 Å². The lowest BCUT2D eigenvalue weighted by atomic mass is 9.96. The zero-order valence-corrected chi connectivity index (χ0v) is 15.9. The lowest BCUT2D eigenvalue weighted by Crippen LogP contribution is -2.52. The van der Waals surface area contributed by atoms with E-state index in [0.717, 1.165) is 39.0 Å². The van der Waals surface area contributed by atoms with Crippen molar-refractivity contribution in [3.63, 3.8) is 0 Å². The molecule has 1 aliphatic carbocycles. The van der Waals surface area contributed by atoms with Gasteiger partial charge in [-0.2, -0.15) is 0 Å². The van der Waals surface area contributed by atoms with Gasteiger partial charge in [0.1, 0.15) is 5.54 Å². The number of imide groups is 1. The molecule has 6 nitrogen and oxygen atoms in total. The molecule has 0 aromatic heterocycles. The number of benzene rings is 1. The Balaban J connectivity index is 1.38. The summed E-state index contributed by atoms with van der Waals surface area (Å²) in [7, 11) is 0. The third-order valence-electron chi connectivity index (χ3n) is 6.33. The number of nitrogens with one attached hydrogen (secondary N) is 1. The Morgan fingerprint density at radius 3 is 2.46 bits per heavy atom. The van der Waals surface area contributed by atoms with Crippen LogP contribution in [0.3, 0.4) is 0 Å². The van der Waals surface area contributed by atoms with Crippen LogP contribution in [0.5, 0.6) is 0 Å². The van der Waals surface area contributed by atoms with E-state index in [4.69, 9.17) is 0 Å². The van der Waals surface area contributed by atoms with Gasteiger partial charge in [0.2, 0.25) is 0 Å². The molecule has 2 aliphatic heterocycles. The Morgan fingerprint density at radius 1 is 1.12 bits per heavy atom. The van der Waals surface area contributed by atoms with Crippen molar-refractivity contribution in [2.45, 2.75) is 39.2 Å². The molecule has 0 radical (unpaired) electrons. The Kier molecular flexibility index (Phi) is 4.18. The molecule has 0 bridgehead atoms. The lowest BCUT2D eigenvalue weighted by Gasteiger charge is -2.38. The van der Waals surface area contributed by atoms with Gasteiger partial charge in [0.05, 0.1) is 6.67 Å². The number of piperazine rings is 1. The molecular formula is C20H28N4O2. The fourth-order valence-electron chi connectivity index (χ4n) is 4.19. The molecular weight excluding hydrogens is 328 g/mol. The average molecular weight is 356 g/mol. The van der Waals surface area contributed by atoms with E-state index >= 15 is 0 Å². The zero-order chi connectivity index (χ0) is 18.5. The largest absolute Gasteiger partial charge is 0.369 e. The second kappa shape index (κ2) is 6.27. The third kappa shape index (κ3) is 2.86. The maximum atomic E-state index is 12.8. The van der Waals surface area contributed by atoms with Crippen LogP contribution in [0.4, 0.5) is 10.5 Å². The van der Waals surface area contributed by atoms with Crippen molar-refractivity contribution < 1.29 is 9.59 Å². The topological polar surface area (TPSA) is 55.9 Å². The highest BCUT2D eigenvalue weighted by Crippen LogP contribution is 2.42. The summed E-state index contributed by atoms with van der Waals surface area (Å²) in [6, 6.07) is 6.19. The number of carbonyl (C=O) groups is 2. The minimum atomic E-state index is -0.683. The highest BCUT2D eigenvalue weighted by atomic mass is 16.2. The Labute approximate surface area is 155 Å². The normalized spacial score (nSPS) is 27.2. The second-order valence-corrected chi connectivity index (χ2v) is 8.11. The number of rotatable bonds is 4. The van der Waals surface area contributed by atoms with Gasteiger partial charge in [0.15, 0.2) is 0 Å². The minimum absolute atomic E-state index is 0.0537. The number of nitrogens with zero attached hydrogens (tertiary/aromatic N) is 3. The van der Waals surface area contributed by atoms with Crippen molar-refractivity contribution in [2.24, 2.45) is 5.92 Å². The first-order valence-electron chi connectivity index (χ1n) is 9.58. The Bertz CT molecular complexity index is 737. The van der Waals surface area contributed by atoms with Crippen LogP contribution in [0.2, 0.25) is 0 Å². The average Bonchev–Trinajstić information content (AvgIpc) is 3.44. The van der Waals surface area contributed by atoms with Crippen molar-refractivity contribution in [3.05, 3.63) is 29.3 Å². The fraction of sp³-hybridized carbons (Fsp3) is 0.600. The zero-order valence-electron chi connectivity index (χ0n) is 15.9. The molecule has 2 saturated heterocycles. The summed E-state index contributed by atoms with van der Waals surface area (Å²) >= 11 is 0. The molecule has 6 heteroatoms. The highest BCUT2D eigenvalue weighted by molar-refractivity contribution is 6.07. The summed E-state index contributed by atoms with van der Waals surface area (Å²) in [5, 5.41) is 2.93. The van der Waals surface area contributed by atoms with Crippen LogP contribution >= 0.6 is 0 Å². The molecule has 0 spiro atoms. The fourth-order valence-corrected chi connectivity index (χ4v) is 4.19. The van der Waals surface area contributed by atoms with Gasteiger partial charge in [0, 0.05) is 31.9 Å². The number of urea groups is 1. The number of carbonyl (C=O) groups excluding carboxylic acids is 2. The van der Waals surface area contributed by atoms with E-state index in [1.165, 1.54) is 21.7 Å². The molecule has 4 rings (SSSR count). The molecule has 26 heavy (non-hydrogen) atoms. The van der Waals surface area contributed by atoms with Gasteiger partial charge in [-0.25, -0.2) is 9.69 Å². The third-order valence-corrected chi connectivity index (χ3v) is 6.33. The first kappa shape index (κ1) is 17.3. The number of amides is 3. The number of aryl methyl sites for hydroxylation is 1. The van der Waals surface area contributed by atoms with E-state index in [2.05, 4.69) is 47.2 Å². The molecule has 1 atom stereocenters. The number of hydrogen-bond donors (Lipinski definition) is 1. The van der Waals surface area contributed by atoms with Crippen molar-refractivity contribution in [1.29, 1.82) is 0 Å². The summed E-state index contributed by atoms with van der Waals surface area (Å²) in [5.41, 5.74) is 3.25. The summed E-state index contributed by atoms with van der Waals surface area (Å²) in [6.07, 6.45) is 2.07. The van der Waals surface area contributed by atoms with Crippen molar-refractivity contribution in [1.82, 2.24) is 15.1 Å². The van der Waals surface area contributed by atoms with E-state index < -0.39 is 5.54 Å².